The second-order valence-electron chi connectivity index (χ2n) is 3.61. The van der Waals surface area contributed by atoms with Crippen molar-refractivity contribution in [3.05, 3.63) is 33.4 Å². The lowest BCUT2D eigenvalue weighted by atomic mass is 10.2. The van der Waals surface area contributed by atoms with E-state index in [1.807, 2.05) is 24.3 Å². The van der Waals surface area contributed by atoms with Crippen molar-refractivity contribution in [3.63, 3.8) is 0 Å². The van der Waals surface area contributed by atoms with Crippen LogP contribution in [0.15, 0.2) is 24.3 Å². The van der Waals surface area contributed by atoms with Gasteiger partial charge in [-0.2, -0.15) is 0 Å². The fourth-order valence-electron chi connectivity index (χ4n) is 1.40. The second-order valence-corrected chi connectivity index (χ2v) is 5.23. The van der Waals surface area contributed by atoms with Gasteiger partial charge in [0.05, 0.1) is 12.6 Å². The third kappa shape index (κ3) is 5.23. The van der Waals surface area contributed by atoms with Crippen molar-refractivity contribution in [1.29, 1.82) is 0 Å². The minimum absolute atomic E-state index is 0.0377. The molecular formula is C12H15ClINO2. The minimum atomic E-state index is -0.0893. The van der Waals surface area contributed by atoms with Crippen LogP contribution < -0.4 is 5.32 Å². The van der Waals surface area contributed by atoms with Crippen LogP contribution in [0.25, 0.3) is 0 Å². The average Bonchev–Trinajstić information content (AvgIpc) is 2.30. The van der Waals surface area contributed by atoms with E-state index < -0.39 is 0 Å². The third-order valence-corrected chi connectivity index (χ3v) is 3.20. The Hall–Kier alpha value is -0.330. The summed E-state index contributed by atoms with van der Waals surface area (Å²) in [6.45, 7) is 0.475. The molecule has 5 heteroatoms. The van der Waals surface area contributed by atoms with Crippen LogP contribution in [0.4, 0.5) is 0 Å². The fourth-order valence-corrected chi connectivity index (χ4v) is 2.02. The molecule has 1 amide bonds. The number of hydrogen-bond acceptors (Lipinski definition) is 2. The molecule has 0 spiro atoms. The minimum Gasteiger partial charge on any atom is -0.383 e. The zero-order valence-corrected chi connectivity index (χ0v) is 12.5. The van der Waals surface area contributed by atoms with Gasteiger partial charge in [-0.1, -0.05) is 0 Å². The first-order valence-electron chi connectivity index (χ1n) is 5.28. The highest BCUT2D eigenvalue weighted by atomic mass is 127. The number of carbonyl (C=O) groups excluding carboxylic acids is 1. The largest absolute Gasteiger partial charge is 0.383 e. The molecule has 1 rings (SSSR count). The summed E-state index contributed by atoms with van der Waals surface area (Å²) in [6, 6.07) is 7.39. The lowest BCUT2D eigenvalue weighted by Crippen LogP contribution is -2.38. The van der Waals surface area contributed by atoms with E-state index in [2.05, 4.69) is 27.9 Å². The molecule has 0 aliphatic carbocycles. The van der Waals surface area contributed by atoms with Gasteiger partial charge in [0.25, 0.3) is 5.91 Å². The molecule has 0 aromatic heterocycles. The average molecular weight is 368 g/mol. The Labute approximate surface area is 120 Å². The number of amides is 1. The quantitative estimate of drug-likeness (QED) is 0.620. The molecule has 0 heterocycles. The van der Waals surface area contributed by atoms with Gasteiger partial charge in [0.1, 0.15) is 0 Å². The van der Waals surface area contributed by atoms with Gasteiger partial charge in [0.2, 0.25) is 0 Å². The zero-order chi connectivity index (χ0) is 12.7. The first-order chi connectivity index (χ1) is 8.17. The van der Waals surface area contributed by atoms with Crippen LogP contribution in [0.3, 0.4) is 0 Å². The normalized spacial score (nSPS) is 12.2. The summed E-state index contributed by atoms with van der Waals surface area (Å²) in [4.78, 5) is 11.9. The molecular weight excluding hydrogens is 352 g/mol. The molecule has 94 valence electrons. The van der Waals surface area contributed by atoms with Gasteiger partial charge in [-0.05, 0) is 53.3 Å². The van der Waals surface area contributed by atoms with Crippen LogP contribution >= 0.6 is 34.2 Å². The molecule has 1 atom stereocenters. The highest BCUT2D eigenvalue weighted by Gasteiger charge is 2.12. The molecule has 0 saturated carbocycles. The highest BCUT2D eigenvalue weighted by Crippen LogP contribution is 2.07. The molecule has 0 bridgehead atoms. The molecule has 1 aromatic rings. The maximum absolute atomic E-state index is 11.9. The number of rotatable bonds is 6. The van der Waals surface area contributed by atoms with Crippen molar-refractivity contribution in [3.8, 4) is 0 Å². The molecule has 3 nitrogen and oxygen atoms in total. The summed E-state index contributed by atoms with van der Waals surface area (Å²) in [7, 11) is 1.61. The second kappa shape index (κ2) is 7.89. The van der Waals surface area contributed by atoms with Gasteiger partial charge in [-0.25, -0.2) is 0 Å². The molecule has 0 saturated heterocycles. The van der Waals surface area contributed by atoms with Crippen LogP contribution in [0.1, 0.15) is 16.8 Å². The molecule has 0 aliphatic rings. The molecule has 1 N–H and O–H groups in total. The first-order valence-corrected chi connectivity index (χ1v) is 6.90. The number of ether oxygens (including phenoxy) is 1. The Kier molecular flexibility index (Phi) is 6.84. The number of methoxy groups -OCH3 is 1. The number of hydrogen-bond donors (Lipinski definition) is 1. The van der Waals surface area contributed by atoms with Crippen LogP contribution in [-0.2, 0) is 4.74 Å². The first kappa shape index (κ1) is 14.7. The summed E-state index contributed by atoms with van der Waals surface area (Å²) < 4.78 is 6.14. The van der Waals surface area contributed by atoms with E-state index in [0.29, 0.717) is 24.5 Å². The van der Waals surface area contributed by atoms with Crippen molar-refractivity contribution < 1.29 is 9.53 Å². The number of carbonyl (C=O) groups is 1. The standard InChI is InChI=1S/C12H15ClINO2/c1-17-8-11(6-7-13)15-12(16)9-2-4-10(14)5-3-9/h2-5,11H,6-8H2,1H3,(H,15,16). The summed E-state index contributed by atoms with van der Waals surface area (Å²) in [6.07, 6.45) is 0.700. The molecule has 1 unspecified atom stereocenters. The summed E-state index contributed by atoms with van der Waals surface area (Å²) in [5, 5.41) is 2.90. The lowest BCUT2D eigenvalue weighted by molar-refractivity contribution is 0.0895. The van der Waals surface area contributed by atoms with Crippen molar-refractivity contribution >= 4 is 40.1 Å². The zero-order valence-electron chi connectivity index (χ0n) is 9.58. The van der Waals surface area contributed by atoms with Gasteiger partial charge >= 0.3 is 0 Å². The Morgan fingerprint density at radius 1 is 1.47 bits per heavy atom. The van der Waals surface area contributed by atoms with Crippen LogP contribution in [0.5, 0.6) is 0 Å². The molecule has 1 aromatic carbocycles. The van der Waals surface area contributed by atoms with Crippen LogP contribution in [-0.4, -0.2) is 31.5 Å². The highest BCUT2D eigenvalue weighted by molar-refractivity contribution is 14.1. The number of alkyl halides is 1. The van der Waals surface area contributed by atoms with E-state index in [1.54, 1.807) is 7.11 Å². The Morgan fingerprint density at radius 2 is 2.12 bits per heavy atom. The van der Waals surface area contributed by atoms with Gasteiger partial charge in [0, 0.05) is 22.1 Å². The van der Waals surface area contributed by atoms with Crippen LogP contribution in [0, 0.1) is 3.57 Å². The topological polar surface area (TPSA) is 38.3 Å². The van der Waals surface area contributed by atoms with Gasteiger partial charge in [-0.15, -0.1) is 11.6 Å². The predicted molar refractivity (Wildman–Crippen MR) is 77.6 cm³/mol. The van der Waals surface area contributed by atoms with Gasteiger partial charge < -0.3 is 10.1 Å². The van der Waals surface area contributed by atoms with Crippen molar-refractivity contribution in [2.45, 2.75) is 12.5 Å². The maximum Gasteiger partial charge on any atom is 0.251 e. The Balaban J connectivity index is 2.60. The summed E-state index contributed by atoms with van der Waals surface area (Å²) >= 11 is 7.88. The Morgan fingerprint density at radius 3 is 2.65 bits per heavy atom. The molecule has 0 radical (unpaired) electrons. The molecule has 17 heavy (non-hydrogen) atoms. The summed E-state index contributed by atoms with van der Waals surface area (Å²) in [5.41, 5.74) is 0.654. The molecule has 0 aliphatic heterocycles. The third-order valence-electron chi connectivity index (χ3n) is 2.27. The van der Waals surface area contributed by atoms with Crippen molar-refractivity contribution in [1.82, 2.24) is 5.32 Å². The Bertz CT molecular complexity index is 350. The van der Waals surface area contributed by atoms with E-state index >= 15 is 0 Å². The van der Waals surface area contributed by atoms with Gasteiger partial charge in [-0.3, -0.25) is 4.79 Å². The smallest absolute Gasteiger partial charge is 0.251 e. The van der Waals surface area contributed by atoms with Crippen LogP contribution in [0.2, 0.25) is 0 Å². The molecule has 0 fully saturated rings. The predicted octanol–water partition coefficient (Wildman–Crippen LogP) is 2.66. The summed E-state index contributed by atoms with van der Waals surface area (Å²) in [5.74, 6) is 0.412. The maximum atomic E-state index is 11.9. The van der Waals surface area contributed by atoms with E-state index in [9.17, 15) is 4.79 Å². The monoisotopic (exact) mass is 367 g/mol. The van der Waals surface area contributed by atoms with Crippen molar-refractivity contribution in [2.24, 2.45) is 0 Å². The number of halogens is 2. The van der Waals surface area contributed by atoms with Gasteiger partial charge in [0.15, 0.2) is 0 Å². The number of nitrogens with one attached hydrogen (secondary N) is 1. The number of benzene rings is 1. The lowest BCUT2D eigenvalue weighted by Gasteiger charge is -2.16. The van der Waals surface area contributed by atoms with E-state index in [-0.39, 0.29) is 11.9 Å². The SMILES string of the molecule is COCC(CCCl)NC(=O)c1ccc(I)cc1. The van der Waals surface area contributed by atoms with E-state index in [1.165, 1.54) is 0 Å². The van der Waals surface area contributed by atoms with E-state index in [0.717, 1.165) is 3.57 Å². The van der Waals surface area contributed by atoms with E-state index in [4.69, 9.17) is 16.3 Å². The fraction of sp³-hybridized carbons (Fsp3) is 0.417. The van der Waals surface area contributed by atoms with Crippen molar-refractivity contribution in [2.75, 3.05) is 19.6 Å².